The molecule has 134 valence electrons. The summed E-state index contributed by atoms with van der Waals surface area (Å²) in [7, 11) is 1.63. The third-order valence-corrected chi connectivity index (χ3v) is 4.78. The molecule has 4 nitrogen and oxygen atoms in total. The van der Waals surface area contributed by atoms with Crippen LogP contribution in [-0.2, 0) is 0 Å². The molecular formula is C22H16BrNO3. The Morgan fingerprint density at radius 2 is 1.74 bits per heavy atom. The maximum atomic E-state index is 10.4. The average molecular weight is 422 g/mol. The number of hydrogen-bond acceptors (Lipinski definition) is 4. The molecule has 0 fully saturated rings. The van der Waals surface area contributed by atoms with Crippen LogP contribution in [0.4, 0.5) is 5.88 Å². The van der Waals surface area contributed by atoms with Crippen molar-refractivity contribution in [3.05, 3.63) is 76.8 Å². The second-order valence-corrected chi connectivity index (χ2v) is 6.89. The Balaban J connectivity index is 1.86. The van der Waals surface area contributed by atoms with Gasteiger partial charge in [0.05, 0.1) is 18.1 Å². The number of phenols is 1. The fourth-order valence-electron chi connectivity index (χ4n) is 2.92. The highest BCUT2D eigenvalue weighted by molar-refractivity contribution is 9.10. The second kappa shape index (κ2) is 7.29. The van der Waals surface area contributed by atoms with Crippen molar-refractivity contribution in [2.45, 2.75) is 0 Å². The van der Waals surface area contributed by atoms with Gasteiger partial charge in [-0.05, 0) is 47.5 Å². The lowest BCUT2D eigenvalue weighted by Crippen LogP contribution is -1.83. The van der Waals surface area contributed by atoms with Gasteiger partial charge in [0.15, 0.2) is 0 Å². The van der Waals surface area contributed by atoms with Gasteiger partial charge in [-0.2, -0.15) is 0 Å². The third-order valence-electron chi connectivity index (χ3n) is 4.25. The highest BCUT2D eigenvalue weighted by atomic mass is 79.9. The minimum absolute atomic E-state index is 0.159. The number of phenolic OH excluding ortho intramolecular Hbond substituents is 1. The van der Waals surface area contributed by atoms with Crippen LogP contribution < -0.4 is 4.74 Å². The summed E-state index contributed by atoms with van der Waals surface area (Å²) in [5.74, 6) is 1.36. The van der Waals surface area contributed by atoms with Crippen molar-refractivity contribution in [1.82, 2.24) is 0 Å². The summed E-state index contributed by atoms with van der Waals surface area (Å²) < 4.78 is 12.2. The molecule has 4 aromatic rings. The standard InChI is InChI=1S/C22H16BrNO3/c1-26-17-11-7-15(8-12-17)20-21-18(25)3-2-4-19(21)27-22(20)24-13-14-5-9-16(23)10-6-14/h2-13,25H,1H3. The fraction of sp³-hybridized carbons (Fsp3) is 0.0455. The lowest BCUT2D eigenvalue weighted by molar-refractivity contribution is 0.415. The van der Waals surface area contributed by atoms with Crippen molar-refractivity contribution >= 4 is 39.0 Å². The van der Waals surface area contributed by atoms with E-state index in [-0.39, 0.29) is 5.75 Å². The van der Waals surface area contributed by atoms with Crippen LogP contribution in [0.5, 0.6) is 11.5 Å². The van der Waals surface area contributed by atoms with Crippen molar-refractivity contribution in [3.8, 4) is 22.6 Å². The van der Waals surface area contributed by atoms with E-state index >= 15 is 0 Å². The average Bonchev–Trinajstić information content (AvgIpc) is 3.07. The minimum Gasteiger partial charge on any atom is -0.507 e. The van der Waals surface area contributed by atoms with E-state index in [1.54, 1.807) is 25.5 Å². The predicted molar refractivity (Wildman–Crippen MR) is 111 cm³/mol. The van der Waals surface area contributed by atoms with E-state index in [1.165, 1.54) is 0 Å². The Labute approximate surface area is 164 Å². The van der Waals surface area contributed by atoms with Crippen LogP contribution in [-0.4, -0.2) is 18.4 Å². The number of benzene rings is 3. The maximum absolute atomic E-state index is 10.4. The molecule has 0 spiro atoms. The molecule has 0 aliphatic carbocycles. The lowest BCUT2D eigenvalue weighted by Gasteiger charge is -2.04. The lowest BCUT2D eigenvalue weighted by atomic mass is 10.0. The van der Waals surface area contributed by atoms with Gasteiger partial charge in [0.25, 0.3) is 0 Å². The molecule has 5 heteroatoms. The molecule has 0 bridgehead atoms. The van der Waals surface area contributed by atoms with Gasteiger partial charge >= 0.3 is 0 Å². The maximum Gasteiger partial charge on any atom is 0.228 e. The molecule has 0 atom stereocenters. The Morgan fingerprint density at radius 3 is 2.44 bits per heavy atom. The van der Waals surface area contributed by atoms with Crippen molar-refractivity contribution in [2.75, 3.05) is 7.11 Å². The predicted octanol–water partition coefficient (Wildman–Crippen LogP) is 6.33. The normalized spacial score (nSPS) is 11.3. The van der Waals surface area contributed by atoms with Gasteiger partial charge in [-0.3, -0.25) is 0 Å². The molecule has 0 saturated heterocycles. The molecule has 0 amide bonds. The number of furan rings is 1. The third kappa shape index (κ3) is 3.46. The minimum atomic E-state index is 0.159. The van der Waals surface area contributed by atoms with Crippen LogP contribution in [0.3, 0.4) is 0 Å². The first-order valence-corrected chi connectivity index (χ1v) is 9.13. The number of hydrogen-bond donors (Lipinski definition) is 1. The summed E-state index contributed by atoms with van der Waals surface area (Å²) in [5, 5.41) is 11.0. The first-order chi connectivity index (χ1) is 13.2. The van der Waals surface area contributed by atoms with Gasteiger partial charge in [0.2, 0.25) is 5.88 Å². The number of aliphatic imine (C=N–C) groups is 1. The first kappa shape index (κ1) is 17.4. The Morgan fingerprint density at radius 1 is 1.00 bits per heavy atom. The molecule has 1 aromatic heterocycles. The van der Waals surface area contributed by atoms with E-state index in [4.69, 9.17) is 9.15 Å². The zero-order chi connectivity index (χ0) is 18.8. The van der Waals surface area contributed by atoms with Crippen molar-refractivity contribution in [2.24, 2.45) is 4.99 Å². The van der Waals surface area contributed by atoms with Gasteiger partial charge < -0.3 is 14.3 Å². The van der Waals surface area contributed by atoms with E-state index in [1.807, 2.05) is 54.6 Å². The van der Waals surface area contributed by atoms with Crippen LogP contribution >= 0.6 is 15.9 Å². The molecule has 27 heavy (non-hydrogen) atoms. The SMILES string of the molecule is COc1ccc(-c2c(N=Cc3ccc(Br)cc3)oc3cccc(O)c23)cc1. The monoisotopic (exact) mass is 421 g/mol. The Bertz CT molecular complexity index is 1110. The molecule has 1 N–H and O–H groups in total. The molecule has 0 aliphatic rings. The Kier molecular flexibility index (Phi) is 4.69. The second-order valence-electron chi connectivity index (χ2n) is 5.97. The van der Waals surface area contributed by atoms with E-state index in [0.29, 0.717) is 16.9 Å². The number of fused-ring (bicyclic) bond motifs is 1. The number of nitrogens with zero attached hydrogens (tertiary/aromatic N) is 1. The van der Waals surface area contributed by atoms with Crippen molar-refractivity contribution < 1.29 is 14.3 Å². The van der Waals surface area contributed by atoms with Gasteiger partial charge in [-0.1, -0.05) is 46.3 Å². The van der Waals surface area contributed by atoms with Crippen molar-refractivity contribution in [1.29, 1.82) is 0 Å². The zero-order valence-corrected chi connectivity index (χ0v) is 16.1. The topological polar surface area (TPSA) is 55.0 Å². The molecule has 0 radical (unpaired) electrons. The van der Waals surface area contributed by atoms with Gasteiger partial charge in [0.1, 0.15) is 17.1 Å². The van der Waals surface area contributed by atoms with Gasteiger partial charge in [-0.15, -0.1) is 0 Å². The largest absolute Gasteiger partial charge is 0.507 e. The number of rotatable bonds is 4. The van der Waals surface area contributed by atoms with E-state index in [0.717, 1.165) is 26.9 Å². The summed E-state index contributed by atoms with van der Waals surface area (Å²) >= 11 is 3.43. The number of ether oxygens (including phenoxy) is 1. The number of halogens is 1. The van der Waals surface area contributed by atoms with Crippen LogP contribution in [0.1, 0.15) is 5.56 Å². The molecular weight excluding hydrogens is 406 g/mol. The van der Waals surface area contributed by atoms with E-state index in [9.17, 15) is 5.11 Å². The Hall–Kier alpha value is -3.05. The van der Waals surface area contributed by atoms with Crippen LogP contribution in [0.2, 0.25) is 0 Å². The summed E-state index contributed by atoms with van der Waals surface area (Å²) in [6.45, 7) is 0. The highest BCUT2D eigenvalue weighted by Crippen LogP contribution is 2.44. The number of aromatic hydroxyl groups is 1. The van der Waals surface area contributed by atoms with Crippen LogP contribution in [0.25, 0.3) is 22.1 Å². The zero-order valence-electron chi connectivity index (χ0n) is 14.5. The summed E-state index contributed by atoms with van der Waals surface area (Å²) in [6.07, 6.45) is 1.74. The van der Waals surface area contributed by atoms with Gasteiger partial charge in [0, 0.05) is 10.7 Å². The molecule has 4 rings (SSSR count). The molecule has 1 heterocycles. The molecule has 0 saturated carbocycles. The van der Waals surface area contributed by atoms with Crippen LogP contribution in [0.15, 0.2) is 80.6 Å². The van der Waals surface area contributed by atoms with Crippen LogP contribution in [0, 0.1) is 0 Å². The van der Waals surface area contributed by atoms with E-state index in [2.05, 4.69) is 20.9 Å². The van der Waals surface area contributed by atoms with Crippen molar-refractivity contribution in [3.63, 3.8) is 0 Å². The molecule has 0 unspecified atom stereocenters. The smallest absolute Gasteiger partial charge is 0.228 e. The van der Waals surface area contributed by atoms with E-state index < -0.39 is 0 Å². The summed E-state index contributed by atoms with van der Waals surface area (Å²) in [6, 6.07) is 20.6. The quantitative estimate of drug-likeness (QED) is 0.391. The number of methoxy groups -OCH3 is 1. The fourth-order valence-corrected chi connectivity index (χ4v) is 3.18. The highest BCUT2D eigenvalue weighted by Gasteiger charge is 2.18. The first-order valence-electron chi connectivity index (χ1n) is 8.34. The molecule has 3 aromatic carbocycles. The molecule has 0 aliphatic heterocycles. The van der Waals surface area contributed by atoms with Gasteiger partial charge in [-0.25, -0.2) is 4.99 Å². The summed E-state index contributed by atoms with van der Waals surface area (Å²) in [4.78, 5) is 4.55. The summed E-state index contributed by atoms with van der Waals surface area (Å²) in [5.41, 5.74) is 3.17.